The van der Waals surface area contributed by atoms with Gasteiger partial charge in [-0.15, -0.1) is 0 Å². The van der Waals surface area contributed by atoms with Crippen LogP contribution in [0, 0.1) is 0 Å². The lowest BCUT2D eigenvalue weighted by Crippen LogP contribution is -2.63. The number of ether oxygens (including phenoxy) is 11. The van der Waals surface area contributed by atoms with Crippen LogP contribution in [-0.2, 0) is 71.9 Å². The van der Waals surface area contributed by atoms with E-state index in [0.29, 0.717) is 19.8 Å². The van der Waals surface area contributed by atoms with E-state index < -0.39 is 61.4 Å². The molecule has 2 aliphatic heterocycles. The second-order valence-corrected chi connectivity index (χ2v) is 12.0. The van der Waals surface area contributed by atoms with Gasteiger partial charge in [-0.3, -0.25) is 0 Å². The summed E-state index contributed by atoms with van der Waals surface area (Å²) in [6.07, 6.45) is -6.07. The Balaban J connectivity index is 1.42. The number of hydrogen-bond donors (Lipinski definition) is 0. The van der Waals surface area contributed by atoms with Gasteiger partial charge in [0.05, 0.1) is 33.0 Å². The molecule has 0 bridgehead atoms. The Morgan fingerprint density at radius 2 is 0.857 bits per heavy atom. The molecule has 49 heavy (non-hydrogen) atoms. The van der Waals surface area contributed by atoms with Gasteiger partial charge in [-0.1, -0.05) is 91.0 Å². The first kappa shape index (κ1) is 37.5. The average Bonchev–Trinajstić information content (AvgIpc) is 3.15. The summed E-state index contributed by atoms with van der Waals surface area (Å²) in [5.74, 6) is 0. The van der Waals surface area contributed by atoms with Crippen molar-refractivity contribution >= 4 is 0 Å². The highest BCUT2D eigenvalue weighted by atomic mass is 16.7. The lowest BCUT2D eigenvalue weighted by atomic mass is 9.97. The zero-order valence-electron chi connectivity index (χ0n) is 29.0. The predicted molar refractivity (Wildman–Crippen MR) is 180 cm³/mol. The Morgan fingerprint density at radius 1 is 0.408 bits per heavy atom. The Bertz CT molecular complexity index is 1320. The van der Waals surface area contributed by atoms with Crippen LogP contribution in [0.1, 0.15) is 16.7 Å². The molecule has 2 fully saturated rings. The van der Waals surface area contributed by atoms with Crippen molar-refractivity contribution < 1.29 is 52.1 Å². The monoisotopic (exact) mass is 682 g/mol. The van der Waals surface area contributed by atoms with Gasteiger partial charge in [0.2, 0.25) is 0 Å². The van der Waals surface area contributed by atoms with Crippen molar-refractivity contribution in [3.63, 3.8) is 0 Å². The molecule has 2 aliphatic rings. The molecule has 3 aromatic carbocycles. The van der Waals surface area contributed by atoms with Crippen LogP contribution >= 0.6 is 0 Å². The highest BCUT2D eigenvalue weighted by Crippen LogP contribution is 2.33. The van der Waals surface area contributed by atoms with Crippen molar-refractivity contribution in [2.24, 2.45) is 0 Å². The molecule has 11 nitrogen and oxygen atoms in total. The molecular weight excluding hydrogens is 632 g/mol. The molecule has 268 valence electrons. The highest BCUT2D eigenvalue weighted by Gasteiger charge is 2.51. The fourth-order valence-electron chi connectivity index (χ4n) is 6.37. The fourth-order valence-corrected chi connectivity index (χ4v) is 6.37. The van der Waals surface area contributed by atoms with Gasteiger partial charge < -0.3 is 52.1 Å². The zero-order valence-corrected chi connectivity index (χ0v) is 29.0. The summed E-state index contributed by atoms with van der Waals surface area (Å²) in [7, 11) is 8.01. The average molecular weight is 683 g/mol. The highest BCUT2D eigenvalue weighted by molar-refractivity contribution is 5.16. The first-order valence-electron chi connectivity index (χ1n) is 16.6. The number of benzene rings is 3. The van der Waals surface area contributed by atoms with Crippen LogP contribution in [-0.4, -0.2) is 110 Å². The summed E-state index contributed by atoms with van der Waals surface area (Å²) in [6, 6.07) is 29.9. The quantitative estimate of drug-likeness (QED) is 0.189. The predicted octanol–water partition coefficient (Wildman–Crippen LogP) is 4.55. The van der Waals surface area contributed by atoms with E-state index in [1.54, 1.807) is 35.5 Å². The summed E-state index contributed by atoms with van der Waals surface area (Å²) >= 11 is 0. The third-order valence-corrected chi connectivity index (χ3v) is 8.84. The topological polar surface area (TPSA) is 102 Å². The van der Waals surface area contributed by atoms with E-state index in [-0.39, 0.29) is 13.2 Å². The van der Waals surface area contributed by atoms with Crippen molar-refractivity contribution in [1.29, 1.82) is 0 Å². The Kier molecular flexibility index (Phi) is 15.0. The normalized spacial score (nSPS) is 30.3. The maximum Gasteiger partial charge on any atom is 0.187 e. The molecule has 0 N–H and O–H groups in total. The smallest absolute Gasteiger partial charge is 0.187 e. The first-order chi connectivity index (χ1) is 24.1. The fraction of sp³-hybridized carbons (Fsp3) is 0.526. The van der Waals surface area contributed by atoms with Crippen molar-refractivity contribution in [3.05, 3.63) is 108 Å². The minimum absolute atomic E-state index is 0.0637. The van der Waals surface area contributed by atoms with E-state index in [0.717, 1.165) is 16.7 Å². The van der Waals surface area contributed by atoms with Crippen LogP contribution in [0.5, 0.6) is 0 Å². The van der Waals surface area contributed by atoms with Crippen molar-refractivity contribution in [1.82, 2.24) is 0 Å². The number of hydrogen-bond acceptors (Lipinski definition) is 11. The molecule has 3 aromatic rings. The summed E-state index contributed by atoms with van der Waals surface area (Å²) < 4.78 is 68.1. The van der Waals surface area contributed by atoms with Crippen LogP contribution in [0.3, 0.4) is 0 Å². The first-order valence-corrected chi connectivity index (χ1v) is 16.6. The molecule has 0 unspecified atom stereocenters. The third-order valence-electron chi connectivity index (χ3n) is 8.84. The van der Waals surface area contributed by atoms with Crippen LogP contribution in [0.25, 0.3) is 0 Å². The molecule has 2 heterocycles. The Hall–Kier alpha value is -2.78. The third kappa shape index (κ3) is 9.93. The number of rotatable bonds is 18. The number of methoxy groups -OCH3 is 5. The molecular formula is C38H50O11. The van der Waals surface area contributed by atoms with E-state index >= 15 is 0 Å². The Morgan fingerprint density at radius 3 is 1.33 bits per heavy atom. The Labute approximate surface area is 289 Å². The van der Waals surface area contributed by atoms with Crippen LogP contribution in [0.15, 0.2) is 91.0 Å². The summed E-state index contributed by atoms with van der Waals surface area (Å²) in [4.78, 5) is 0. The lowest BCUT2D eigenvalue weighted by molar-refractivity contribution is -0.345. The largest absolute Gasteiger partial charge is 0.382 e. The molecule has 0 aromatic heterocycles. The maximum absolute atomic E-state index is 6.71. The van der Waals surface area contributed by atoms with E-state index in [2.05, 4.69) is 0 Å². The van der Waals surface area contributed by atoms with Crippen molar-refractivity contribution in [3.8, 4) is 0 Å². The van der Waals surface area contributed by atoms with Gasteiger partial charge in [-0.25, -0.2) is 0 Å². The molecule has 0 spiro atoms. The maximum atomic E-state index is 6.71. The zero-order chi connectivity index (χ0) is 34.4. The minimum atomic E-state index is -0.823. The lowest BCUT2D eigenvalue weighted by Gasteiger charge is -2.47. The van der Waals surface area contributed by atoms with Gasteiger partial charge in [-0.05, 0) is 16.7 Å². The van der Waals surface area contributed by atoms with Gasteiger partial charge in [0.25, 0.3) is 0 Å². The second kappa shape index (κ2) is 19.6. The van der Waals surface area contributed by atoms with Crippen molar-refractivity contribution in [2.75, 3.05) is 48.8 Å². The molecule has 0 aliphatic carbocycles. The van der Waals surface area contributed by atoms with Crippen LogP contribution < -0.4 is 0 Å². The molecule has 5 rings (SSSR count). The van der Waals surface area contributed by atoms with Gasteiger partial charge in [-0.2, -0.15) is 0 Å². The van der Waals surface area contributed by atoms with Gasteiger partial charge in [0.1, 0.15) is 48.8 Å². The molecule has 11 heteroatoms. The van der Waals surface area contributed by atoms with Crippen LogP contribution in [0.2, 0.25) is 0 Å². The summed E-state index contributed by atoms with van der Waals surface area (Å²) in [6.45, 7) is 1.32. The standard InChI is InChI=1S/C38H50O11/c1-39-24-29-31(40-2)33(41-3)35(42-4)38(49-29)47-25-30-32(44-21-26-15-9-6-10-16-26)34(45-22-27-17-11-7-12-18-27)36(37(43-5)48-30)46-23-28-19-13-8-14-20-28/h6-20,29-38H,21-25H2,1-5H3/t29-,30-,31-,32-,33+,34+,35-,36-,37+,38-/m1/s1. The molecule has 0 saturated carbocycles. The van der Waals surface area contributed by atoms with Gasteiger partial charge in [0.15, 0.2) is 12.6 Å². The van der Waals surface area contributed by atoms with Gasteiger partial charge in [0, 0.05) is 35.5 Å². The van der Waals surface area contributed by atoms with E-state index in [1.807, 2.05) is 91.0 Å². The SMILES string of the molecule is COC[C@H]1O[C@@H](OC[C@H]2O[C@H](OC)[C@H](OCc3ccccc3)[C@@H](OCc3ccccc3)[C@@H]2OCc2ccccc2)[C@H](OC)[C@@H](OC)[C@@H]1OC. The molecule has 10 atom stereocenters. The van der Waals surface area contributed by atoms with E-state index in [4.69, 9.17) is 52.1 Å². The van der Waals surface area contributed by atoms with E-state index in [1.165, 1.54) is 0 Å². The summed E-state index contributed by atoms with van der Waals surface area (Å²) in [5, 5.41) is 0. The molecule has 0 amide bonds. The second-order valence-electron chi connectivity index (χ2n) is 12.0. The molecule has 2 saturated heterocycles. The van der Waals surface area contributed by atoms with Crippen LogP contribution in [0.4, 0.5) is 0 Å². The van der Waals surface area contributed by atoms with E-state index in [9.17, 15) is 0 Å². The van der Waals surface area contributed by atoms with Gasteiger partial charge >= 0.3 is 0 Å². The summed E-state index contributed by atoms with van der Waals surface area (Å²) in [5.41, 5.74) is 3.03. The van der Waals surface area contributed by atoms with Crippen molar-refractivity contribution in [2.45, 2.75) is 81.2 Å². The minimum Gasteiger partial charge on any atom is -0.382 e. The molecule has 0 radical (unpaired) electrons.